The van der Waals surface area contributed by atoms with Gasteiger partial charge < -0.3 is 20.5 Å². The van der Waals surface area contributed by atoms with Gasteiger partial charge >= 0.3 is 0 Å². The van der Waals surface area contributed by atoms with Crippen molar-refractivity contribution in [3.05, 3.63) is 35.5 Å². The fraction of sp³-hybridized carbons (Fsp3) is 0.333. The zero-order valence-corrected chi connectivity index (χ0v) is 11.7. The monoisotopic (exact) mass is 290 g/mol. The summed E-state index contributed by atoms with van der Waals surface area (Å²) in [6, 6.07) is 5.11. The predicted octanol–water partition coefficient (Wildman–Crippen LogP) is 0.901. The van der Waals surface area contributed by atoms with Crippen molar-refractivity contribution in [2.24, 2.45) is 0 Å². The van der Waals surface area contributed by atoms with E-state index >= 15 is 0 Å². The molecule has 1 heterocycles. The average molecular weight is 290 g/mol. The van der Waals surface area contributed by atoms with Gasteiger partial charge in [0.15, 0.2) is 6.29 Å². The van der Waals surface area contributed by atoms with Gasteiger partial charge in [-0.2, -0.15) is 0 Å². The predicted molar refractivity (Wildman–Crippen MR) is 78.0 cm³/mol. The first-order valence-electron chi connectivity index (χ1n) is 6.69. The number of hydrogen-bond donors (Lipinski definition) is 4. The number of carbonyl (C=O) groups is 2. The Bertz CT molecular complexity index is 650. The van der Waals surface area contributed by atoms with Crippen LogP contribution in [0, 0.1) is 0 Å². The molecular weight excluding hydrogens is 272 g/mol. The highest BCUT2D eigenvalue weighted by molar-refractivity contribution is 5.97. The van der Waals surface area contributed by atoms with E-state index in [0.29, 0.717) is 17.7 Å². The largest absolute Gasteiger partial charge is 0.390 e. The molecule has 112 valence electrons. The minimum atomic E-state index is -1.05. The Labute approximate surface area is 121 Å². The van der Waals surface area contributed by atoms with Crippen molar-refractivity contribution in [1.82, 2.24) is 10.3 Å². The quantitative estimate of drug-likeness (QED) is 0.594. The number of amides is 1. The van der Waals surface area contributed by atoms with Crippen LogP contribution in [0.1, 0.15) is 35.4 Å². The summed E-state index contributed by atoms with van der Waals surface area (Å²) >= 11 is 0. The smallest absolute Gasteiger partial charge is 0.216 e. The zero-order chi connectivity index (χ0) is 15.4. The minimum Gasteiger partial charge on any atom is -0.390 e. The van der Waals surface area contributed by atoms with Crippen molar-refractivity contribution in [2.75, 3.05) is 6.54 Å². The zero-order valence-electron chi connectivity index (χ0n) is 11.7. The van der Waals surface area contributed by atoms with Crippen molar-refractivity contribution in [3.63, 3.8) is 0 Å². The maximum absolute atomic E-state index is 10.8. The summed E-state index contributed by atoms with van der Waals surface area (Å²) in [4.78, 5) is 24.5. The van der Waals surface area contributed by atoms with E-state index in [2.05, 4.69) is 10.3 Å². The number of aromatic nitrogens is 1. The number of hydrogen-bond acceptors (Lipinski definition) is 4. The SMILES string of the molecule is CC(=O)NCCC(O)C(O)c1ccc2c(C=O)c[nH]c2c1. The average Bonchev–Trinajstić information content (AvgIpc) is 2.88. The molecule has 2 aromatic rings. The number of fused-ring (bicyclic) bond motifs is 1. The van der Waals surface area contributed by atoms with Crippen molar-refractivity contribution < 1.29 is 19.8 Å². The summed E-state index contributed by atoms with van der Waals surface area (Å²) < 4.78 is 0. The standard InChI is InChI=1S/C15H18N2O4/c1-9(19)16-5-4-14(20)15(21)10-2-3-12-11(8-18)7-17-13(12)6-10/h2-3,6-8,14-15,17,20-21H,4-5H2,1H3,(H,16,19). The number of carbonyl (C=O) groups excluding carboxylic acids is 2. The number of aldehydes is 1. The lowest BCUT2D eigenvalue weighted by Crippen LogP contribution is -2.27. The summed E-state index contributed by atoms with van der Waals surface area (Å²) in [6.07, 6.45) is 0.586. The molecule has 0 spiro atoms. The van der Waals surface area contributed by atoms with Crippen molar-refractivity contribution in [2.45, 2.75) is 25.6 Å². The highest BCUT2D eigenvalue weighted by Crippen LogP contribution is 2.24. The Hall–Kier alpha value is -2.18. The topological polar surface area (TPSA) is 102 Å². The van der Waals surface area contributed by atoms with Gasteiger partial charge in [-0.15, -0.1) is 0 Å². The Kier molecular flexibility index (Phi) is 4.72. The molecule has 0 radical (unpaired) electrons. The second kappa shape index (κ2) is 6.51. The van der Waals surface area contributed by atoms with Crippen molar-refractivity contribution in [1.29, 1.82) is 0 Å². The number of H-pyrrole nitrogens is 1. The highest BCUT2D eigenvalue weighted by atomic mass is 16.3. The lowest BCUT2D eigenvalue weighted by Gasteiger charge is -2.18. The molecule has 0 fully saturated rings. The van der Waals surface area contributed by atoms with Crippen LogP contribution in [0.2, 0.25) is 0 Å². The Morgan fingerprint density at radius 1 is 1.43 bits per heavy atom. The maximum atomic E-state index is 10.8. The first kappa shape index (κ1) is 15.2. The van der Waals surface area contributed by atoms with Crippen LogP contribution in [0.25, 0.3) is 10.9 Å². The van der Waals surface area contributed by atoms with E-state index < -0.39 is 12.2 Å². The van der Waals surface area contributed by atoms with Crippen LogP contribution in [-0.4, -0.2) is 40.0 Å². The Morgan fingerprint density at radius 2 is 2.19 bits per heavy atom. The molecule has 4 N–H and O–H groups in total. The van der Waals surface area contributed by atoms with Crippen LogP contribution >= 0.6 is 0 Å². The van der Waals surface area contributed by atoms with E-state index in [1.165, 1.54) is 6.92 Å². The molecule has 2 unspecified atom stereocenters. The first-order valence-corrected chi connectivity index (χ1v) is 6.69. The lowest BCUT2D eigenvalue weighted by molar-refractivity contribution is -0.119. The highest BCUT2D eigenvalue weighted by Gasteiger charge is 2.19. The summed E-state index contributed by atoms with van der Waals surface area (Å²) in [5, 5.41) is 23.4. The molecule has 21 heavy (non-hydrogen) atoms. The molecule has 0 bridgehead atoms. The lowest BCUT2D eigenvalue weighted by atomic mass is 10.0. The normalized spacial score (nSPS) is 13.9. The van der Waals surface area contributed by atoms with Gasteiger partial charge in [-0.25, -0.2) is 0 Å². The molecule has 0 aliphatic heterocycles. The summed E-state index contributed by atoms with van der Waals surface area (Å²) in [7, 11) is 0. The van der Waals surface area contributed by atoms with Gasteiger partial charge in [0.05, 0.1) is 6.10 Å². The minimum absolute atomic E-state index is 0.175. The van der Waals surface area contributed by atoms with Gasteiger partial charge in [0.1, 0.15) is 6.10 Å². The van der Waals surface area contributed by atoms with Gasteiger partial charge in [-0.3, -0.25) is 9.59 Å². The van der Waals surface area contributed by atoms with Crippen LogP contribution < -0.4 is 5.32 Å². The molecule has 1 aromatic heterocycles. The summed E-state index contributed by atoms with van der Waals surface area (Å²) in [6.45, 7) is 1.69. The fourth-order valence-corrected chi connectivity index (χ4v) is 2.22. The van der Waals surface area contributed by atoms with Crippen LogP contribution in [-0.2, 0) is 4.79 Å². The number of nitrogens with one attached hydrogen (secondary N) is 2. The van der Waals surface area contributed by atoms with Gasteiger partial charge in [-0.1, -0.05) is 12.1 Å². The maximum Gasteiger partial charge on any atom is 0.216 e. The third kappa shape index (κ3) is 3.48. The number of aromatic amines is 1. The fourth-order valence-electron chi connectivity index (χ4n) is 2.22. The van der Waals surface area contributed by atoms with Gasteiger partial charge in [-0.05, 0) is 18.1 Å². The van der Waals surface area contributed by atoms with Crippen LogP contribution in [0.4, 0.5) is 0 Å². The Morgan fingerprint density at radius 3 is 2.86 bits per heavy atom. The van der Waals surface area contributed by atoms with Gasteiger partial charge in [0.25, 0.3) is 0 Å². The van der Waals surface area contributed by atoms with E-state index in [9.17, 15) is 19.8 Å². The van der Waals surface area contributed by atoms with Crippen LogP contribution in [0.3, 0.4) is 0 Å². The van der Waals surface area contributed by atoms with E-state index in [1.807, 2.05) is 0 Å². The molecule has 1 aromatic carbocycles. The van der Waals surface area contributed by atoms with E-state index in [1.54, 1.807) is 24.4 Å². The molecule has 6 nitrogen and oxygen atoms in total. The third-order valence-electron chi connectivity index (χ3n) is 3.38. The third-order valence-corrected chi connectivity index (χ3v) is 3.38. The molecule has 1 amide bonds. The van der Waals surface area contributed by atoms with Crippen molar-refractivity contribution >= 4 is 23.1 Å². The van der Waals surface area contributed by atoms with E-state index in [0.717, 1.165) is 17.2 Å². The molecule has 2 atom stereocenters. The van der Waals surface area contributed by atoms with E-state index in [-0.39, 0.29) is 12.3 Å². The second-order valence-corrected chi connectivity index (χ2v) is 4.95. The molecule has 0 saturated carbocycles. The Balaban J connectivity index is 2.09. The second-order valence-electron chi connectivity index (χ2n) is 4.95. The van der Waals surface area contributed by atoms with Crippen molar-refractivity contribution in [3.8, 4) is 0 Å². The van der Waals surface area contributed by atoms with Gasteiger partial charge in [0.2, 0.25) is 5.91 Å². The number of benzene rings is 1. The molecular formula is C15H18N2O4. The number of rotatable bonds is 6. The molecule has 0 saturated heterocycles. The number of aliphatic hydroxyl groups excluding tert-OH is 2. The summed E-state index contributed by atoms with van der Waals surface area (Å²) in [5.41, 5.74) is 1.83. The molecule has 6 heteroatoms. The van der Waals surface area contributed by atoms with Crippen LogP contribution in [0.5, 0.6) is 0 Å². The molecule has 0 aliphatic rings. The first-order chi connectivity index (χ1) is 10.0. The van der Waals surface area contributed by atoms with E-state index in [4.69, 9.17) is 0 Å². The van der Waals surface area contributed by atoms with Crippen LogP contribution in [0.15, 0.2) is 24.4 Å². The molecule has 0 aliphatic carbocycles. The number of aliphatic hydroxyl groups is 2. The summed E-state index contributed by atoms with van der Waals surface area (Å²) in [5.74, 6) is -0.175. The molecule has 2 rings (SSSR count). The van der Waals surface area contributed by atoms with Gasteiger partial charge in [0, 0.05) is 36.1 Å².